The number of furan rings is 1. The van der Waals surface area contributed by atoms with Crippen LogP contribution in [-0.2, 0) is 4.79 Å². The summed E-state index contributed by atoms with van der Waals surface area (Å²) in [7, 11) is 0. The summed E-state index contributed by atoms with van der Waals surface area (Å²) in [6, 6.07) is 11.1. The van der Waals surface area contributed by atoms with Crippen LogP contribution in [0.15, 0.2) is 53.3 Å². The van der Waals surface area contributed by atoms with Gasteiger partial charge in [-0.2, -0.15) is 0 Å². The molecular weight excluding hydrogens is 390 g/mol. The van der Waals surface area contributed by atoms with E-state index in [9.17, 15) is 4.79 Å². The minimum atomic E-state index is -0.183. The molecular formula is C22H24ClN3O3. The van der Waals surface area contributed by atoms with Crippen LogP contribution in [0.1, 0.15) is 31.1 Å². The Kier molecular flexibility index (Phi) is 6.32. The van der Waals surface area contributed by atoms with Gasteiger partial charge >= 0.3 is 0 Å². The average Bonchev–Trinajstić information content (AvgIpc) is 3.29. The van der Waals surface area contributed by atoms with Gasteiger partial charge in [-0.25, -0.2) is 0 Å². The van der Waals surface area contributed by atoms with Gasteiger partial charge in [0.05, 0.1) is 17.3 Å². The Hall–Kier alpha value is -2.57. The molecule has 6 nitrogen and oxygen atoms in total. The zero-order chi connectivity index (χ0) is 20.1. The summed E-state index contributed by atoms with van der Waals surface area (Å²) < 4.78 is 11.4. The fourth-order valence-corrected chi connectivity index (χ4v) is 3.97. The second kappa shape index (κ2) is 9.29. The molecule has 29 heavy (non-hydrogen) atoms. The number of nitrogens with one attached hydrogen (secondary N) is 1. The molecule has 0 saturated carbocycles. The normalized spacial score (nSPS) is 15.9. The molecule has 3 aromatic rings. The molecule has 7 heteroatoms. The lowest BCUT2D eigenvalue weighted by Crippen LogP contribution is -2.41. The van der Waals surface area contributed by atoms with Gasteiger partial charge in [0.1, 0.15) is 17.0 Å². The Morgan fingerprint density at radius 1 is 1.21 bits per heavy atom. The first-order valence-corrected chi connectivity index (χ1v) is 10.3. The Morgan fingerprint density at radius 2 is 2.07 bits per heavy atom. The highest BCUT2D eigenvalue weighted by atomic mass is 35.5. The van der Waals surface area contributed by atoms with Crippen LogP contribution in [-0.4, -0.2) is 42.0 Å². The largest absolute Gasteiger partial charge is 0.481 e. The number of carbonyl (C=O) groups excluding carboxylic acids is 1. The number of hydrogen-bond acceptors (Lipinski definition) is 5. The summed E-state index contributed by atoms with van der Waals surface area (Å²) in [5, 5.41) is 4.39. The maximum Gasteiger partial charge on any atom is 0.258 e. The molecule has 1 saturated heterocycles. The van der Waals surface area contributed by atoms with Crippen LogP contribution in [0.3, 0.4) is 0 Å². The molecule has 152 valence electrons. The van der Waals surface area contributed by atoms with E-state index in [2.05, 4.69) is 15.2 Å². The van der Waals surface area contributed by atoms with Crippen molar-refractivity contribution in [3.8, 4) is 5.75 Å². The SMILES string of the molecule is O=C(COc1ccc(Cl)c2cccnc12)NCC(c1ccco1)N1CCCCC1. The highest BCUT2D eigenvalue weighted by Gasteiger charge is 2.25. The van der Waals surface area contributed by atoms with E-state index < -0.39 is 0 Å². The van der Waals surface area contributed by atoms with Crippen LogP contribution in [0.2, 0.25) is 5.02 Å². The van der Waals surface area contributed by atoms with E-state index in [0.29, 0.717) is 22.8 Å². The van der Waals surface area contributed by atoms with E-state index in [1.807, 2.05) is 24.3 Å². The van der Waals surface area contributed by atoms with Crippen molar-refractivity contribution in [3.63, 3.8) is 0 Å². The maximum atomic E-state index is 12.4. The maximum absolute atomic E-state index is 12.4. The van der Waals surface area contributed by atoms with Gasteiger partial charge in [-0.15, -0.1) is 0 Å². The Labute approximate surface area is 174 Å². The van der Waals surface area contributed by atoms with E-state index in [1.165, 1.54) is 19.3 Å². The molecule has 1 unspecified atom stereocenters. The first-order valence-electron chi connectivity index (χ1n) is 9.92. The molecule has 1 aliphatic rings. The van der Waals surface area contributed by atoms with Crippen molar-refractivity contribution in [2.75, 3.05) is 26.2 Å². The third-order valence-electron chi connectivity index (χ3n) is 5.23. The van der Waals surface area contributed by atoms with E-state index in [1.54, 1.807) is 24.6 Å². The van der Waals surface area contributed by atoms with Gasteiger partial charge in [-0.1, -0.05) is 18.0 Å². The molecule has 1 aliphatic heterocycles. The average molecular weight is 414 g/mol. The molecule has 1 aromatic carbocycles. The van der Waals surface area contributed by atoms with Crippen molar-refractivity contribution in [2.24, 2.45) is 0 Å². The number of ether oxygens (including phenoxy) is 1. The van der Waals surface area contributed by atoms with Crippen LogP contribution in [0, 0.1) is 0 Å². The van der Waals surface area contributed by atoms with Crippen molar-refractivity contribution in [2.45, 2.75) is 25.3 Å². The lowest BCUT2D eigenvalue weighted by molar-refractivity contribution is -0.123. The van der Waals surface area contributed by atoms with E-state index >= 15 is 0 Å². The fourth-order valence-electron chi connectivity index (χ4n) is 3.75. The Morgan fingerprint density at radius 3 is 2.86 bits per heavy atom. The summed E-state index contributed by atoms with van der Waals surface area (Å²) in [6.07, 6.45) is 6.95. The number of hydrogen-bond donors (Lipinski definition) is 1. The molecule has 1 fully saturated rings. The number of benzene rings is 1. The van der Waals surface area contributed by atoms with Gasteiger partial charge in [0, 0.05) is 18.1 Å². The fraction of sp³-hybridized carbons (Fsp3) is 0.364. The molecule has 0 spiro atoms. The van der Waals surface area contributed by atoms with E-state index in [0.717, 1.165) is 24.2 Å². The Bertz CT molecular complexity index is 955. The number of likely N-dealkylation sites (tertiary alicyclic amines) is 1. The van der Waals surface area contributed by atoms with Gasteiger partial charge in [0.2, 0.25) is 0 Å². The minimum Gasteiger partial charge on any atom is -0.481 e. The molecule has 0 bridgehead atoms. The highest BCUT2D eigenvalue weighted by Crippen LogP contribution is 2.29. The smallest absolute Gasteiger partial charge is 0.258 e. The van der Waals surface area contributed by atoms with Gasteiger partial charge in [0.15, 0.2) is 6.61 Å². The predicted molar refractivity (Wildman–Crippen MR) is 112 cm³/mol. The van der Waals surface area contributed by atoms with Crippen LogP contribution < -0.4 is 10.1 Å². The monoisotopic (exact) mass is 413 g/mol. The van der Waals surface area contributed by atoms with E-state index in [4.69, 9.17) is 20.8 Å². The second-order valence-electron chi connectivity index (χ2n) is 7.17. The molecule has 1 N–H and O–H groups in total. The summed E-state index contributed by atoms with van der Waals surface area (Å²) in [5.41, 5.74) is 0.648. The summed E-state index contributed by atoms with van der Waals surface area (Å²) in [6.45, 7) is 2.42. The van der Waals surface area contributed by atoms with Gasteiger partial charge in [-0.05, 0) is 62.3 Å². The predicted octanol–water partition coefficient (Wildman–Crippen LogP) is 4.20. The van der Waals surface area contributed by atoms with Crippen LogP contribution in [0.5, 0.6) is 5.75 Å². The number of amides is 1. The molecule has 0 radical (unpaired) electrons. The number of halogens is 1. The number of nitrogens with zero attached hydrogens (tertiary/aromatic N) is 2. The standard InChI is InChI=1S/C22H24ClN3O3/c23-17-8-9-20(22-16(17)6-4-10-24-22)29-15-21(27)25-14-18(19-7-5-13-28-19)26-11-2-1-3-12-26/h4-10,13,18H,1-3,11-12,14-15H2,(H,25,27). The van der Waals surface area contributed by atoms with Crippen LogP contribution in [0.4, 0.5) is 0 Å². The highest BCUT2D eigenvalue weighted by molar-refractivity contribution is 6.35. The van der Waals surface area contributed by atoms with Gasteiger partial charge < -0.3 is 14.5 Å². The first kappa shape index (κ1) is 19.7. The summed E-state index contributed by atoms with van der Waals surface area (Å²) >= 11 is 6.21. The van der Waals surface area contributed by atoms with Crippen molar-refractivity contribution >= 4 is 28.4 Å². The van der Waals surface area contributed by atoms with Crippen molar-refractivity contribution < 1.29 is 13.9 Å². The van der Waals surface area contributed by atoms with Crippen molar-refractivity contribution in [3.05, 3.63) is 59.6 Å². The molecule has 3 heterocycles. The lowest BCUT2D eigenvalue weighted by atomic mass is 10.1. The first-order chi connectivity index (χ1) is 14.2. The molecule has 0 aliphatic carbocycles. The minimum absolute atomic E-state index is 0.0345. The van der Waals surface area contributed by atoms with Crippen LogP contribution >= 0.6 is 11.6 Å². The molecule has 2 aromatic heterocycles. The number of pyridine rings is 1. The number of aromatic nitrogens is 1. The topological polar surface area (TPSA) is 67.6 Å². The summed E-state index contributed by atoms with van der Waals surface area (Å²) in [4.78, 5) is 19.1. The summed E-state index contributed by atoms with van der Waals surface area (Å²) in [5.74, 6) is 1.23. The number of rotatable bonds is 7. The molecule has 4 rings (SSSR count). The molecule has 1 atom stereocenters. The lowest BCUT2D eigenvalue weighted by Gasteiger charge is -2.33. The quantitative estimate of drug-likeness (QED) is 0.628. The third-order valence-corrected chi connectivity index (χ3v) is 5.56. The van der Waals surface area contributed by atoms with Crippen molar-refractivity contribution in [1.82, 2.24) is 15.2 Å². The zero-order valence-electron chi connectivity index (χ0n) is 16.1. The molecule has 1 amide bonds. The van der Waals surface area contributed by atoms with Crippen molar-refractivity contribution in [1.29, 1.82) is 0 Å². The third kappa shape index (κ3) is 4.71. The number of piperidine rings is 1. The second-order valence-corrected chi connectivity index (χ2v) is 7.57. The van der Waals surface area contributed by atoms with Crippen LogP contribution in [0.25, 0.3) is 10.9 Å². The number of carbonyl (C=O) groups is 1. The zero-order valence-corrected chi connectivity index (χ0v) is 16.9. The number of fused-ring (bicyclic) bond motifs is 1. The van der Waals surface area contributed by atoms with Gasteiger partial charge in [-0.3, -0.25) is 14.7 Å². The van der Waals surface area contributed by atoms with Gasteiger partial charge in [0.25, 0.3) is 5.91 Å². The van der Waals surface area contributed by atoms with E-state index in [-0.39, 0.29) is 18.6 Å². The Balaban J connectivity index is 1.37.